The lowest BCUT2D eigenvalue weighted by Gasteiger charge is -2.25. The maximum atomic E-state index is 12.6. The minimum absolute atomic E-state index is 0.00577. The predicted octanol–water partition coefficient (Wildman–Crippen LogP) is 3.86. The molecule has 0 radical (unpaired) electrons. The topological polar surface area (TPSA) is 78.5 Å². The summed E-state index contributed by atoms with van der Waals surface area (Å²) in [5.74, 6) is -0.798. The van der Waals surface area contributed by atoms with E-state index in [1.165, 1.54) is 16.7 Å². The average molecular weight is 432 g/mol. The Morgan fingerprint density at radius 3 is 2.76 bits per heavy atom. The molecule has 0 aliphatic carbocycles. The van der Waals surface area contributed by atoms with Gasteiger partial charge in [-0.1, -0.05) is 23.7 Å². The van der Waals surface area contributed by atoms with Gasteiger partial charge in [-0.25, -0.2) is 0 Å². The maximum absolute atomic E-state index is 12.6. The first-order valence-corrected chi connectivity index (χ1v) is 10.4. The van der Waals surface area contributed by atoms with E-state index in [1.807, 2.05) is 38.1 Å². The van der Waals surface area contributed by atoms with Gasteiger partial charge in [0, 0.05) is 29.1 Å². The number of fused-ring (bicyclic) bond motifs is 1. The van der Waals surface area contributed by atoms with Gasteiger partial charge in [-0.15, -0.1) is 11.8 Å². The molecule has 0 spiro atoms. The molecule has 1 heterocycles. The first-order chi connectivity index (χ1) is 13.7. The summed E-state index contributed by atoms with van der Waals surface area (Å²) in [5.41, 5.74) is 3.45. The van der Waals surface area contributed by atoms with Crippen molar-refractivity contribution in [1.29, 1.82) is 0 Å². The Morgan fingerprint density at radius 2 is 2.00 bits per heavy atom. The Hall–Kier alpha value is -2.51. The molecule has 8 heteroatoms. The quantitative estimate of drug-likeness (QED) is 0.753. The highest BCUT2D eigenvalue weighted by molar-refractivity contribution is 8.01. The zero-order valence-corrected chi connectivity index (χ0v) is 18.0. The molecule has 29 heavy (non-hydrogen) atoms. The highest BCUT2D eigenvalue weighted by atomic mass is 35.5. The van der Waals surface area contributed by atoms with Crippen molar-refractivity contribution in [2.24, 2.45) is 0 Å². The first kappa shape index (κ1) is 21.2. The van der Waals surface area contributed by atoms with Crippen molar-refractivity contribution in [3.05, 3.63) is 52.5 Å². The van der Waals surface area contributed by atoms with Gasteiger partial charge >= 0.3 is 0 Å². The van der Waals surface area contributed by atoms with Gasteiger partial charge < -0.3 is 15.5 Å². The van der Waals surface area contributed by atoms with Gasteiger partial charge in [0.25, 0.3) is 0 Å². The molecular formula is C21H22ClN3O3S. The Balaban J connectivity index is 1.57. The van der Waals surface area contributed by atoms with Crippen LogP contribution in [0.3, 0.4) is 0 Å². The summed E-state index contributed by atoms with van der Waals surface area (Å²) in [6.45, 7) is 3.82. The van der Waals surface area contributed by atoms with Gasteiger partial charge in [0.1, 0.15) is 0 Å². The Morgan fingerprint density at radius 1 is 1.24 bits per heavy atom. The molecule has 3 amide bonds. The number of nitrogens with one attached hydrogen (secondary N) is 2. The fourth-order valence-corrected chi connectivity index (χ4v) is 4.21. The highest BCUT2D eigenvalue weighted by Crippen LogP contribution is 2.38. The minimum atomic E-state index is -0.555. The summed E-state index contributed by atoms with van der Waals surface area (Å²) in [5, 5.41) is 5.60. The van der Waals surface area contributed by atoms with Gasteiger partial charge in [0.2, 0.25) is 17.7 Å². The number of amides is 3. The molecule has 6 nitrogen and oxygen atoms in total. The molecule has 3 rings (SSSR count). The van der Waals surface area contributed by atoms with Crippen LogP contribution in [0.1, 0.15) is 17.5 Å². The summed E-state index contributed by atoms with van der Waals surface area (Å²) in [6.07, 6.45) is 0.00577. The number of likely N-dealkylation sites (N-methyl/N-ethyl adjacent to an activating group) is 1. The van der Waals surface area contributed by atoms with E-state index in [4.69, 9.17) is 11.6 Å². The molecule has 2 aromatic carbocycles. The number of benzene rings is 2. The molecule has 0 saturated carbocycles. The number of hydrogen-bond donors (Lipinski definition) is 2. The number of carbonyl (C=O) groups excluding carboxylic acids is 3. The summed E-state index contributed by atoms with van der Waals surface area (Å²) in [4.78, 5) is 39.4. The number of carbonyl (C=O) groups is 3. The number of halogens is 1. The Labute approximate surface area is 179 Å². The zero-order valence-electron chi connectivity index (χ0n) is 16.4. The van der Waals surface area contributed by atoms with Crippen LogP contribution >= 0.6 is 23.4 Å². The molecule has 2 N–H and O–H groups in total. The number of hydrogen-bond acceptors (Lipinski definition) is 4. The summed E-state index contributed by atoms with van der Waals surface area (Å²) in [6, 6.07) is 10.9. The van der Waals surface area contributed by atoms with E-state index in [0.29, 0.717) is 10.7 Å². The third-order valence-corrected chi connectivity index (χ3v) is 6.32. The number of nitrogens with zero attached hydrogens (tertiary/aromatic N) is 1. The lowest BCUT2D eigenvalue weighted by Crippen LogP contribution is -2.39. The van der Waals surface area contributed by atoms with Gasteiger partial charge in [-0.2, -0.15) is 0 Å². The molecule has 0 bridgehead atoms. The number of aryl methyl sites for hydroxylation is 1. The second-order valence-electron chi connectivity index (χ2n) is 6.99. The number of anilines is 2. The standard InChI is InChI=1S/C21H22ClN3O3S/c1-12-5-4-6-15(13(12)2)23-19(26)11-25(3)20(27)10-18-21(28)24-16-9-14(22)7-8-17(16)29-18/h4-9,18H,10-11H2,1-3H3,(H,23,26)(H,24,28)/t18-/m1/s1. The second kappa shape index (κ2) is 8.88. The normalized spacial score (nSPS) is 15.3. The molecule has 1 aliphatic rings. The second-order valence-corrected chi connectivity index (χ2v) is 8.67. The van der Waals surface area contributed by atoms with Gasteiger partial charge in [-0.3, -0.25) is 14.4 Å². The van der Waals surface area contributed by atoms with Crippen LogP contribution in [-0.4, -0.2) is 41.5 Å². The Bertz CT molecular complexity index is 980. The largest absolute Gasteiger partial charge is 0.336 e. The molecule has 2 aromatic rings. The van der Waals surface area contributed by atoms with Crippen molar-refractivity contribution in [2.45, 2.75) is 30.4 Å². The summed E-state index contributed by atoms with van der Waals surface area (Å²) < 4.78 is 0. The van der Waals surface area contributed by atoms with Gasteiger partial charge in [0.15, 0.2) is 0 Å². The van der Waals surface area contributed by atoms with Crippen molar-refractivity contribution in [2.75, 3.05) is 24.2 Å². The molecule has 0 saturated heterocycles. The summed E-state index contributed by atoms with van der Waals surface area (Å²) in [7, 11) is 1.56. The van der Waals surface area contributed by atoms with Crippen LogP contribution in [0.4, 0.5) is 11.4 Å². The predicted molar refractivity (Wildman–Crippen MR) is 117 cm³/mol. The zero-order chi connectivity index (χ0) is 21.1. The van der Waals surface area contributed by atoms with E-state index in [1.54, 1.807) is 19.2 Å². The summed E-state index contributed by atoms with van der Waals surface area (Å²) >= 11 is 7.28. The van der Waals surface area contributed by atoms with Crippen molar-refractivity contribution < 1.29 is 14.4 Å². The van der Waals surface area contributed by atoms with Crippen LogP contribution in [0.25, 0.3) is 0 Å². The SMILES string of the molecule is Cc1cccc(NC(=O)CN(C)C(=O)C[C@H]2Sc3ccc(Cl)cc3NC2=O)c1C. The van der Waals surface area contributed by atoms with Crippen molar-refractivity contribution in [1.82, 2.24) is 4.90 Å². The van der Waals surface area contributed by atoms with Crippen LogP contribution in [0.2, 0.25) is 5.02 Å². The van der Waals surface area contributed by atoms with E-state index in [9.17, 15) is 14.4 Å². The molecule has 1 aliphatic heterocycles. The first-order valence-electron chi connectivity index (χ1n) is 9.11. The fourth-order valence-electron chi connectivity index (χ4n) is 2.95. The van der Waals surface area contributed by atoms with Crippen molar-refractivity contribution in [3.8, 4) is 0 Å². The van der Waals surface area contributed by atoms with E-state index < -0.39 is 5.25 Å². The third kappa shape index (κ3) is 5.10. The molecule has 0 aromatic heterocycles. The molecule has 0 unspecified atom stereocenters. The molecular weight excluding hydrogens is 410 g/mol. The van der Waals surface area contributed by atoms with Crippen LogP contribution in [0.5, 0.6) is 0 Å². The number of rotatable bonds is 5. The van der Waals surface area contributed by atoms with Gasteiger partial charge in [0.05, 0.1) is 17.5 Å². The molecule has 0 fully saturated rings. The Kier molecular flexibility index (Phi) is 6.49. The smallest absolute Gasteiger partial charge is 0.243 e. The monoisotopic (exact) mass is 431 g/mol. The fraction of sp³-hybridized carbons (Fsp3) is 0.286. The van der Waals surface area contributed by atoms with E-state index in [2.05, 4.69) is 10.6 Å². The van der Waals surface area contributed by atoms with E-state index in [0.717, 1.165) is 21.7 Å². The van der Waals surface area contributed by atoms with Crippen molar-refractivity contribution >= 4 is 52.5 Å². The average Bonchev–Trinajstić information content (AvgIpc) is 2.66. The maximum Gasteiger partial charge on any atom is 0.243 e. The lowest BCUT2D eigenvalue weighted by atomic mass is 10.1. The van der Waals surface area contributed by atoms with Crippen LogP contribution in [0.15, 0.2) is 41.3 Å². The van der Waals surface area contributed by atoms with Crippen LogP contribution in [-0.2, 0) is 14.4 Å². The van der Waals surface area contributed by atoms with Crippen LogP contribution < -0.4 is 10.6 Å². The molecule has 1 atom stereocenters. The third-order valence-electron chi connectivity index (χ3n) is 4.81. The van der Waals surface area contributed by atoms with Crippen molar-refractivity contribution in [3.63, 3.8) is 0 Å². The van der Waals surface area contributed by atoms with Gasteiger partial charge in [-0.05, 0) is 49.2 Å². The molecule has 152 valence electrons. The van der Waals surface area contributed by atoms with E-state index >= 15 is 0 Å². The minimum Gasteiger partial charge on any atom is -0.336 e. The van der Waals surface area contributed by atoms with E-state index in [-0.39, 0.29) is 30.7 Å². The lowest BCUT2D eigenvalue weighted by molar-refractivity contribution is -0.134. The highest BCUT2D eigenvalue weighted by Gasteiger charge is 2.30. The van der Waals surface area contributed by atoms with Crippen LogP contribution in [0, 0.1) is 13.8 Å². The number of thioether (sulfide) groups is 1.